The van der Waals surface area contributed by atoms with E-state index in [0.29, 0.717) is 6.42 Å². The van der Waals surface area contributed by atoms with E-state index in [0.717, 1.165) is 6.08 Å². The average molecular weight is 214 g/mol. The number of ether oxygens (including phenoxy) is 1. The molecule has 1 unspecified atom stereocenters. The van der Waals surface area contributed by atoms with Crippen molar-refractivity contribution in [2.45, 2.75) is 19.8 Å². The van der Waals surface area contributed by atoms with Gasteiger partial charge in [-0.05, 0) is 6.42 Å². The lowest BCUT2D eigenvalue weighted by molar-refractivity contribution is -0.143. The number of hydrogen-bond acceptors (Lipinski definition) is 4. The Labute approximate surface area is 87.7 Å². The van der Waals surface area contributed by atoms with Gasteiger partial charge in [0, 0.05) is 12.0 Å². The molecule has 15 heavy (non-hydrogen) atoms. The second kappa shape index (κ2) is 6.75. The lowest BCUT2D eigenvalue weighted by Crippen LogP contribution is -2.17. The van der Waals surface area contributed by atoms with Crippen LogP contribution in [0.15, 0.2) is 12.7 Å². The van der Waals surface area contributed by atoms with Crippen molar-refractivity contribution >= 4 is 17.7 Å². The summed E-state index contributed by atoms with van der Waals surface area (Å²) >= 11 is 0. The second-order valence-corrected chi connectivity index (χ2v) is 3.10. The topological polar surface area (TPSA) is 80.7 Å². The molecule has 1 atom stereocenters. The predicted octanol–water partition coefficient (Wildman–Crippen LogP) is 0.786. The van der Waals surface area contributed by atoms with Crippen LogP contribution in [0.5, 0.6) is 0 Å². The summed E-state index contributed by atoms with van der Waals surface area (Å²) < 4.78 is 4.66. The van der Waals surface area contributed by atoms with Gasteiger partial charge in [-0.2, -0.15) is 0 Å². The Kier molecular flexibility index (Phi) is 6.01. The number of hydrogen-bond donors (Lipinski definition) is 1. The van der Waals surface area contributed by atoms with Crippen molar-refractivity contribution in [1.82, 2.24) is 0 Å². The maximum absolute atomic E-state index is 11.2. The predicted molar refractivity (Wildman–Crippen MR) is 52.2 cm³/mol. The molecule has 0 aliphatic carbocycles. The first-order chi connectivity index (χ1) is 6.97. The molecular weight excluding hydrogens is 200 g/mol. The number of carboxylic acids is 1. The Morgan fingerprint density at radius 2 is 2.07 bits per heavy atom. The number of esters is 1. The number of rotatable bonds is 7. The molecule has 0 aromatic heterocycles. The van der Waals surface area contributed by atoms with E-state index in [1.54, 1.807) is 6.92 Å². The number of ketones is 1. The summed E-state index contributed by atoms with van der Waals surface area (Å²) in [5, 5.41) is 8.37. The molecule has 0 amide bonds. The SMILES string of the molecule is C=CC(=O)OCCC(C)C(=O)CC(=O)O. The molecule has 0 aromatic carbocycles. The van der Waals surface area contributed by atoms with Gasteiger partial charge >= 0.3 is 11.9 Å². The standard InChI is InChI=1S/C10H14O5/c1-3-10(14)15-5-4-7(2)8(11)6-9(12)13/h3,7H,1,4-6H2,2H3,(H,12,13). The first-order valence-corrected chi connectivity index (χ1v) is 4.51. The minimum absolute atomic E-state index is 0.0946. The molecule has 1 N–H and O–H groups in total. The highest BCUT2D eigenvalue weighted by molar-refractivity contribution is 5.95. The first-order valence-electron chi connectivity index (χ1n) is 4.51. The molecule has 84 valence electrons. The van der Waals surface area contributed by atoms with Crippen molar-refractivity contribution in [3.05, 3.63) is 12.7 Å². The summed E-state index contributed by atoms with van der Waals surface area (Å²) in [6.45, 7) is 4.91. The van der Waals surface area contributed by atoms with Crippen LogP contribution >= 0.6 is 0 Å². The summed E-state index contributed by atoms with van der Waals surface area (Å²) in [4.78, 5) is 32.0. The summed E-state index contributed by atoms with van der Waals surface area (Å²) in [6, 6.07) is 0. The van der Waals surface area contributed by atoms with Gasteiger partial charge in [0.2, 0.25) is 0 Å². The second-order valence-electron chi connectivity index (χ2n) is 3.10. The van der Waals surface area contributed by atoms with Crippen molar-refractivity contribution in [2.24, 2.45) is 5.92 Å². The van der Waals surface area contributed by atoms with E-state index in [-0.39, 0.29) is 12.4 Å². The van der Waals surface area contributed by atoms with Crippen LogP contribution in [0.1, 0.15) is 19.8 Å². The minimum Gasteiger partial charge on any atom is -0.481 e. The normalized spacial score (nSPS) is 11.5. The van der Waals surface area contributed by atoms with Crippen molar-refractivity contribution in [2.75, 3.05) is 6.61 Å². The summed E-state index contributed by atoms with van der Waals surface area (Å²) in [5.74, 6) is -2.47. The van der Waals surface area contributed by atoms with E-state index >= 15 is 0 Å². The molecule has 5 heteroatoms. The van der Waals surface area contributed by atoms with Gasteiger partial charge in [-0.25, -0.2) is 4.79 Å². The third-order valence-electron chi connectivity index (χ3n) is 1.84. The zero-order valence-electron chi connectivity index (χ0n) is 8.56. The van der Waals surface area contributed by atoms with Gasteiger partial charge in [0.05, 0.1) is 6.61 Å². The monoisotopic (exact) mass is 214 g/mol. The highest BCUT2D eigenvalue weighted by Crippen LogP contribution is 2.06. The molecule has 0 heterocycles. The average Bonchev–Trinajstić information content (AvgIpc) is 2.16. The quantitative estimate of drug-likeness (QED) is 0.385. The molecule has 0 saturated heterocycles. The van der Waals surface area contributed by atoms with Gasteiger partial charge in [0.15, 0.2) is 0 Å². The molecule has 0 aliphatic rings. The minimum atomic E-state index is -1.14. The fraction of sp³-hybridized carbons (Fsp3) is 0.500. The Morgan fingerprint density at radius 3 is 2.53 bits per heavy atom. The zero-order chi connectivity index (χ0) is 11.8. The molecule has 0 spiro atoms. The molecule has 0 aromatic rings. The van der Waals surface area contributed by atoms with Gasteiger partial charge < -0.3 is 9.84 Å². The van der Waals surface area contributed by atoms with Gasteiger partial charge in [-0.1, -0.05) is 13.5 Å². The molecular formula is C10H14O5. The maximum Gasteiger partial charge on any atom is 0.330 e. The highest BCUT2D eigenvalue weighted by atomic mass is 16.5. The van der Waals surface area contributed by atoms with Crippen LogP contribution in [-0.2, 0) is 19.1 Å². The number of carbonyl (C=O) groups excluding carboxylic acids is 2. The van der Waals surface area contributed by atoms with Crippen molar-refractivity contribution in [3.63, 3.8) is 0 Å². The molecule has 5 nitrogen and oxygen atoms in total. The van der Waals surface area contributed by atoms with Gasteiger partial charge in [-0.3, -0.25) is 9.59 Å². The van der Waals surface area contributed by atoms with Crippen LogP contribution in [0.25, 0.3) is 0 Å². The third kappa shape index (κ3) is 6.42. The molecule has 0 radical (unpaired) electrons. The first kappa shape index (κ1) is 13.4. The van der Waals surface area contributed by atoms with Gasteiger partial charge in [-0.15, -0.1) is 0 Å². The third-order valence-corrected chi connectivity index (χ3v) is 1.84. The van der Waals surface area contributed by atoms with Gasteiger partial charge in [0.1, 0.15) is 12.2 Å². The van der Waals surface area contributed by atoms with Crippen molar-refractivity contribution in [3.8, 4) is 0 Å². The Morgan fingerprint density at radius 1 is 1.47 bits per heavy atom. The molecule has 0 fully saturated rings. The van der Waals surface area contributed by atoms with E-state index in [1.165, 1.54) is 0 Å². The fourth-order valence-electron chi connectivity index (χ4n) is 0.879. The van der Waals surface area contributed by atoms with Crippen molar-refractivity contribution < 1.29 is 24.2 Å². The van der Waals surface area contributed by atoms with Crippen LogP contribution in [0.3, 0.4) is 0 Å². The van der Waals surface area contributed by atoms with Crippen LogP contribution in [0, 0.1) is 5.92 Å². The molecule has 0 rings (SSSR count). The maximum atomic E-state index is 11.2. The molecule has 0 saturated carbocycles. The lowest BCUT2D eigenvalue weighted by Gasteiger charge is -2.08. The van der Waals surface area contributed by atoms with E-state index in [1.807, 2.05) is 0 Å². The zero-order valence-corrected chi connectivity index (χ0v) is 8.56. The fourth-order valence-corrected chi connectivity index (χ4v) is 0.879. The van der Waals surface area contributed by atoms with Crippen LogP contribution in [0.2, 0.25) is 0 Å². The molecule has 0 aliphatic heterocycles. The smallest absolute Gasteiger partial charge is 0.330 e. The van der Waals surface area contributed by atoms with Crippen molar-refractivity contribution in [1.29, 1.82) is 0 Å². The largest absolute Gasteiger partial charge is 0.481 e. The lowest BCUT2D eigenvalue weighted by atomic mass is 10.0. The highest BCUT2D eigenvalue weighted by Gasteiger charge is 2.16. The number of Topliss-reactive ketones (excluding diaryl/α,β-unsaturated/α-hetero) is 1. The molecule has 0 bridgehead atoms. The Balaban J connectivity index is 3.78. The van der Waals surface area contributed by atoms with Crippen LogP contribution in [0.4, 0.5) is 0 Å². The Bertz CT molecular complexity index is 269. The number of carbonyl (C=O) groups is 3. The van der Waals surface area contributed by atoms with Crippen LogP contribution in [-0.4, -0.2) is 29.4 Å². The summed E-state index contributed by atoms with van der Waals surface area (Å²) in [6.07, 6.45) is 0.867. The van der Waals surface area contributed by atoms with E-state index in [2.05, 4.69) is 11.3 Å². The van der Waals surface area contributed by atoms with Crippen LogP contribution < -0.4 is 0 Å². The van der Waals surface area contributed by atoms with E-state index in [4.69, 9.17) is 5.11 Å². The van der Waals surface area contributed by atoms with E-state index in [9.17, 15) is 14.4 Å². The summed E-state index contributed by atoms with van der Waals surface area (Å²) in [7, 11) is 0. The van der Waals surface area contributed by atoms with E-state index < -0.39 is 24.3 Å². The number of aliphatic carboxylic acids is 1. The van der Waals surface area contributed by atoms with Gasteiger partial charge in [0.25, 0.3) is 0 Å². The Hall–Kier alpha value is -1.65. The summed E-state index contributed by atoms with van der Waals surface area (Å²) in [5.41, 5.74) is 0. The number of carboxylic acid groups (broad SMARTS) is 1.